The highest BCUT2D eigenvalue weighted by Crippen LogP contribution is 2.20. The Morgan fingerprint density at radius 2 is 0.412 bits per heavy atom. The summed E-state index contributed by atoms with van der Waals surface area (Å²) in [7, 11) is 0. The monoisotopic (exact) mass is 1130 g/mol. The van der Waals surface area contributed by atoms with Gasteiger partial charge in [0, 0.05) is 19.3 Å². The molecule has 0 aromatic rings. The number of ether oxygens (including phenoxy) is 3. The molecule has 1 atom stereocenters. The lowest BCUT2D eigenvalue weighted by atomic mass is 10.0. The van der Waals surface area contributed by atoms with Crippen LogP contribution in [0.3, 0.4) is 0 Å². The lowest BCUT2D eigenvalue weighted by Gasteiger charge is -2.18. The van der Waals surface area contributed by atoms with Gasteiger partial charge < -0.3 is 14.2 Å². The maximum Gasteiger partial charge on any atom is 0.306 e. The van der Waals surface area contributed by atoms with Crippen molar-refractivity contribution >= 4 is 17.9 Å². The average molecular weight is 1130 g/mol. The molecule has 0 rings (SSSR count). The Kier molecular flexibility index (Phi) is 68.0. The average Bonchev–Trinajstić information content (AvgIpc) is 3.46. The minimum Gasteiger partial charge on any atom is -0.462 e. The van der Waals surface area contributed by atoms with Gasteiger partial charge in [-0.05, 0) is 44.9 Å². The summed E-state index contributed by atoms with van der Waals surface area (Å²) in [6.45, 7) is 6.70. The third-order valence-corrected chi connectivity index (χ3v) is 17.0. The minimum atomic E-state index is -0.769. The van der Waals surface area contributed by atoms with E-state index in [4.69, 9.17) is 14.2 Å². The molecule has 0 aliphatic rings. The van der Waals surface area contributed by atoms with Crippen molar-refractivity contribution in [3.05, 3.63) is 12.2 Å². The fraction of sp³-hybridized carbons (Fsp3) is 0.932. The van der Waals surface area contributed by atoms with E-state index in [9.17, 15) is 14.4 Å². The number of hydrogen-bond donors (Lipinski definition) is 0. The molecule has 0 bridgehead atoms. The van der Waals surface area contributed by atoms with Crippen LogP contribution in [0, 0.1) is 0 Å². The number of allylic oxidation sites excluding steroid dienone is 2. The quantitative estimate of drug-likeness (QED) is 0.0261. The first kappa shape index (κ1) is 78.1. The van der Waals surface area contributed by atoms with E-state index in [1.807, 2.05) is 0 Å². The molecule has 0 saturated heterocycles. The van der Waals surface area contributed by atoms with Crippen LogP contribution in [0.15, 0.2) is 12.2 Å². The third kappa shape index (κ3) is 66.9. The first-order chi connectivity index (χ1) is 39.5. The molecule has 1 unspecified atom stereocenters. The zero-order valence-corrected chi connectivity index (χ0v) is 54.6. The summed E-state index contributed by atoms with van der Waals surface area (Å²) in [5, 5.41) is 0. The maximum absolute atomic E-state index is 12.9. The van der Waals surface area contributed by atoms with Crippen LogP contribution in [-0.2, 0) is 28.6 Å². The summed E-state index contributed by atoms with van der Waals surface area (Å²) < 4.78 is 17.0. The minimum absolute atomic E-state index is 0.0659. The van der Waals surface area contributed by atoms with Gasteiger partial charge in [-0.15, -0.1) is 0 Å². The summed E-state index contributed by atoms with van der Waals surface area (Å²) in [4.78, 5) is 38.3. The van der Waals surface area contributed by atoms with Gasteiger partial charge in [0.1, 0.15) is 13.2 Å². The summed E-state index contributed by atoms with van der Waals surface area (Å²) in [6, 6.07) is 0. The first-order valence-electron chi connectivity index (χ1n) is 36.7. The maximum atomic E-state index is 12.9. The summed E-state index contributed by atoms with van der Waals surface area (Å²) in [5.41, 5.74) is 0. The second kappa shape index (κ2) is 69.6. The van der Waals surface area contributed by atoms with Crippen molar-refractivity contribution in [3.63, 3.8) is 0 Å². The standard InChI is InChI=1S/C74H142O6/c1-4-7-10-13-16-19-22-25-27-29-30-31-32-33-34-35-36-37-38-39-40-41-42-43-44-46-47-49-52-55-58-61-64-67-73(76)79-70-71(69-78-72(75)66-63-60-57-54-51-24-21-18-15-12-9-6-3)80-74(77)68-65-62-59-56-53-50-48-45-28-26-23-20-17-14-11-8-5-2/h18,21,71H,4-17,19-20,22-70H2,1-3H3/b21-18-. The van der Waals surface area contributed by atoms with E-state index >= 15 is 0 Å². The predicted molar refractivity (Wildman–Crippen MR) is 349 cm³/mol. The number of carbonyl (C=O) groups excluding carboxylic acids is 3. The van der Waals surface area contributed by atoms with Crippen LogP contribution in [0.4, 0.5) is 0 Å². The summed E-state index contributed by atoms with van der Waals surface area (Å²) in [6.07, 6.45) is 84.2. The number of unbranched alkanes of at least 4 members (excludes halogenated alkanes) is 56. The fourth-order valence-corrected chi connectivity index (χ4v) is 11.5. The Bertz CT molecular complexity index is 1250. The van der Waals surface area contributed by atoms with E-state index in [0.29, 0.717) is 19.3 Å². The molecule has 0 aromatic carbocycles. The Labute approximate surface area is 501 Å². The van der Waals surface area contributed by atoms with Crippen molar-refractivity contribution in [2.45, 2.75) is 431 Å². The fourth-order valence-electron chi connectivity index (χ4n) is 11.5. The van der Waals surface area contributed by atoms with Crippen LogP contribution in [0.2, 0.25) is 0 Å². The first-order valence-corrected chi connectivity index (χ1v) is 36.7. The van der Waals surface area contributed by atoms with Crippen LogP contribution in [0.5, 0.6) is 0 Å². The lowest BCUT2D eigenvalue weighted by molar-refractivity contribution is -0.167. The van der Waals surface area contributed by atoms with Gasteiger partial charge in [-0.3, -0.25) is 14.4 Å². The van der Waals surface area contributed by atoms with Crippen LogP contribution in [-0.4, -0.2) is 37.2 Å². The van der Waals surface area contributed by atoms with Gasteiger partial charge in [-0.25, -0.2) is 0 Å². The van der Waals surface area contributed by atoms with Gasteiger partial charge >= 0.3 is 17.9 Å². The summed E-state index contributed by atoms with van der Waals surface area (Å²) in [5.74, 6) is -0.842. The number of carbonyl (C=O) groups is 3. The van der Waals surface area contributed by atoms with E-state index in [-0.39, 0.29) is 31.1 Å². The van der Waals surface area contributed by atoms with Gasteiger partial charge in [0.25, 0.3) is 0 Å². The number of esters is 3. The molecule has 6 nitrogen and oxygen atoms in total. The Balaban J connectivity index is 4.05. The van der Waals surface area contributed by atoms with E-state index in [2.05, 4.69) is 32.9 Å². The zero-order chi connectivity index (χ0) is 57.8. The molecule has 0 aliphatic heterocycles. The van der Waals surface area contributed by atoms with Crippen molar-refractivity contribution in [1.29, 1.82) is 0 Å². The van der Waals surface area contributed by atoms with Gasteiger partial charge in [0.2, 0.25) is 0 Å². The van der Waals surface area contributed by atoms with E-state index < -0.39 is 6.10 Å². The molecule has 0 radical (unpaired) electrons. The van der Waals surface area contributed by atoms with Crippen molar-refractivity contribution < 1.29 is 28.6 Å². The second-order valence-electron chi connectivity index (χ2n) is 25.2. The molecule has 0 N–H and O–H groups in total. The van der Waals surface area contributed by atoms with Crippen LogP contribution >= 0.6 is 0 Å². The Morgan fingerprint density at radius 1 is 0.237 bits per heavy atom. The number of rotatable bonds is 69. The van der Waals surface area contributed by atoms with Gasteiger partial charge in [-0.2, -0.15) is 0 Å². The molecule has 0 amide bonds. The molecule has 6 heteroatoms. The molecular formula is C74H142O6. The normalized spacial score (nSPS) is 12.0. The van der Waals surface area contributed by atoms with Gasteiger partial charge in [-0.1, -0.05) is 373 Å². The SMILES string of the molecule is CCCCC/C=C\CCCCCCCC(=O)OCC(COC(=O)CCCCCCCCCCCCCCCCCCCCCCCCCCCCCCCCCCC)OC(=O)CCCCCCCCCCCCCCCCCCC. The topological polar surface area (TPSA) is 78.9 Å². The molecule has 0 fully saturated rings. The number of hydrogen-bond acceptors (Lipinski definition) is 6. The van der Waals surface area contributed by atoms with Gasteiger partial charge in [0.05, 0.1) is 0 Å². The van der Waals surface area contributed by atoms with Crippen LogP contribution in [0.1, 0.15) is 425 Å². The molecule has 0 spiro atoms. The van der Waals surface area contributed by atoms with Crippen LogP contribution in [0.25, 0.3) is 0 Å². The molecular weight excluding hydrogens is 985 g/mol. The van der Waals surface area contributed by atoms with E-state index in [1.165, 1.54) is 321 Å². The highest BCUT2D eigenvalue weighted by atomic mass is 16.6. The zero-order valence-electron chi connectivity index (χ0n) is 54.6. The van der Waals surface area contributed by atoms with Gasteiger partial charge in [0.15, 0.2) is 6.10 Å². The van der Waals surface area contributed by atoms with Crippen molar-refractivity contribution in [3.8, 4) is 0 Å². The largest absolute Gasteiger partial charge is 0.462 e. The predicted octanol–water partition coefficient (Wildman–Crippen LogP) is 25.2. The highest BCUT2D eigenvalue weighted by Gasteiger charge is 2.20. The van der Waals surface area contributed by atoms with E-state index in [1.54, 1.807) is 0 Å². The molecule has 0 aliphatic carbocycles. The second-order valence-corrected chi connectivity index (χ2v) is 25.2. The highest BCUT2D eigenvalue weighted by molar-refractivity contribution is 5.71. The Hall–Kier alpha value is -1.85. The molecule has 0 aromatic heterocycles. The van der Waals surface area contributed by atoms with Crippen molar-refractivity contribution in [2.24, 2.45) is 0 Å². The lowest BCUT2D eigenvalue weighted by Crippen LogP contribution is -2.30. The Morgan fingerprint density at radius 3 is 0.650 bits per heavy atom. The molecule has 80 heavy (non-hydrogen) atoms. The van der Waals surface area contributed by atoms with Crippen LogP contribution < -0.4 is 0 Å². The third-order valence-electron chi connectivity index (χ3n) is 17.0. The van der Waals surface area contributed by atoms with Crippen molar-refractivity contribution in [1.82, 2.24) is 0 Å². The van der Waals surface area contributed by atoms with Crippen molar-refractivity contribution in [2.75, 3.05) is 13.2 Å². The smallest absolute Gasteiger partial charge is 0.306 e. The summed E-state index contributed by atoms with van der Waals surface area (Å²) >= 11 is 0. The molecule has 0 heterocycles. The molecule has 0 saturated carbocycles. The van der Waals surface area contributed by atoms with E-state index in [0.717, 1.165) is 64.2 Å². The molecule has 474 valence electrons.